The highest BCUT2D eigenvalue weighted by Crippen LogP contribution is 2.28. The second-order valence-electron chi connectivity index (χ2n) is 6.90. The Hall–Kier alpha value is -2.79. The number of non-ortho nitro benzene ring substituents is 1. The van der Waals surface area contributed by atoms with Gasteiger partial charge in [-0.05, 0) is 49.5 Å². The van der Waals surface area contributed by atoms with Crippen molar-refractivity contribution in [2.75, 3.05) is 13.1 Å². The summed E-state index contributed by atoms with van der Waals surface area (Å²) in [5, 5.41) is 11.7. The monoisotopic (exact) mass is 347 g/mol. The molecule has 1 aliphatic heterocycles. The molecular formula is C21H21N3O2. The van der Waals surface area contributed by atoms with Crippen LogP contribution in [0.5, 0.6) is 0 Å². The lowest BCUT2D eigenvalue weighted by Crippen LogP contribution is -2.32. The van der Waals surface area contributed by atoms with Gasteiger partial charge in [-0.2, -0.15) is 0 Å². The molecule has 5 heteroatoms. The number of fused-ring (bicyclic) bond motifs is 1. The first-order chi connectivity index (χ1) is 12.7. The minimum absolute atomic E-state index is 0.107. The zero-order chi connectivity index (χ0) is 17.9. The molecule has 26 heavy (non-hydrogen) atoms. The molecule has 132 valence electrons. The van der Waals surface area contributed by atoms with Gasteiger partial charge in [0.25, 0.3) is 5.69 Å². The summed E-state index contributed by atoms with van der Waals surface area (Å²) in [6, 6.07) is 19.5. The van der Waals surface area contributed by atoms with Gasteiger partial charge in [0.2, 0.25) is 0 Å². The van der Waals surface area contributed by atoms with Gasteiger partial charge >= 0.3 is 0 Å². The van der Waals surface area contributed by atoms with Crippen molar-refractivity contribution in [1.82, 2.24) is 9.88 Å². The summed E-state index contributed by atoms with van der Waals surface area (Å²) in [5.41, 5.74) is 3.38. The van der Waals surface area contributed by atoms with Gasteiger partial charge in [0.1, 0.15) is 0 Å². The van der Waals surface area contributed by atoms with Crippen molar-refractivity contribution in [2.45, 2.75) is 25.3 Å². The molecule has 1 aromatic heterocycles. The number of nitro benzene ring substituents is 1. The van der Waals surface area contributed by atoms with E-state index in [9.17, 15) is 10.1 Å². The zero-order valence-electron chi connectivity index (χ0n) is 14.5. The third-order valence-corrected chi connectivity index (χ3v) is 5.19. The smallest absolute Gasteiger partial charge is 0.270 e. The molecule has 5 nitrogen and oxygen atoms in total. The fraction of sp³-hybridized carbons (Fsp3) is 0.286. The average Bonchev–Trinajstić information content (AvgIpc) is 2.69. The minimum atomic E-state index is -0.371. The van der Waals surface area contributed by atoms with E-state index in [0.29, 0.717) is 5.92 Å². The molecule has 0 bridgehead atoms. The quantitative estimate of drug-likeness (QED) is 0.514. The first kappa shape index (κ1) is 16.7. The second kappa shape index (κ2) is 7.22. The van der Waals surface area contributed by atoms with Gasteiger partial charge in [0, 0.05) is 24.1 Å². The summed E-state index contributed by atoms with van der Waals surface area (Å²) in [4.78, 5) is 17.6. The highest BCUT2D eigenvalue weighted by Gasteiger charge is 2.20. The van der Waals surface area contributed by atoms with Crippen LogP contribution in [0, 0.1) is 10.1 Å². The zero-order valence-corrected chi connectivity index (χ0v) is 14.5. The van der Waals surface area contributed by atoms with Crippen LogP contribution >= 0.6 is 0 Å². The van der Waals surface area contributed by atoms with E-state index < -0.39 is 0 Å². The topological polar surface area (TPSA) is 59.3 Å². The maximum atomic E-state index is 10.9. The van der Waals surface area contributed by atoms with Crippen LogP contribution in [0.1, 0.15) is 30.0 Å². The fourth-order valence-electron chi connectivity index (χ4n) is 3.74. The highest BCUT2D eigenvalue weighted by molar-refractivity contribution is 5.81. The second-order valence-corrected chi connectivity index (χ2v) is 6.90. The standard InChI is InChI=1S/C21H21N3O2/c25-24(26)20-8-9-21-18(14-20)6-7-19(22-21)15-23-12-10-17(11-13-23)16-4-2-1-3-5-16/h1-9,14,17H,10-13,15H2. The Morgan fingerprint density at radius 1 is 1.04 bits per heavy atom. The molecule has 0 N–H and O–H groups in total. The largest absolute Gasteiger partial charge is 0.297 e. The highest BCUT2D eigenvalue weighted by atomic mass is 16.6. The fourth-order valence-corrected chi connectivity index (χ4v) is 3.74. The molecule has 0 aliphatic carbocycles. The SMILES string of the molecule is O=[N+]([O-])c1ccc2nc(CN3CCC(c4ccccc4)CC3)ccc2c1. The Morgan fingerprint density at radius 3 is 2.54 bits per heavy atom. The lowest BCUT2D eigenvalue weighted by Gasteiger charge is -2.32. The van der Waals surface area contributed by atoms with Gasteiger partial charge in [-0.3, -0.25) is 20.0 Å². The molecule has 0 amide bonds. The van der Waals surface area contributed by atoms with E-state index in [-0.39, 0.29) is 10.6 Å². The van der Waals surface area contributed by atoms with E-state index in [1.54, 1.807) is 12.1 Å². The lowest BCUT2D eigenvalue weighted by atomic mass is 9.89. The van der Waals surface area contributed by atoms with E-state index in [1.807, 2.05) is 12.1 Å². The summed E-state index contributed by atoms with van der Waals surface area (Å²) < 4.78 is 0. The van der Waals surface area contributed by atoms with Crippen molar-refractivity contribution in [2.24, 2.45) is 0 Å². The van der Waals surface area contributed by atoms with Gasteiger partial charge < -0.3 is 0 Å². The van der Waals surface area contributed by atoms with Crippen molar-refractivity contribution < 1.29 is 4.92 Å². The van der Waals surface area contributed by atoms with E-state index in [4.69, 9.17) is 0 Å². The van der Waals surface area contributed by atoms with Gasteiger partial charge in [0.05, 0.1) is 16.1 Å². The van der Waals surface area contributed by atoms with Crippen LogP contribution in [0.25, 0.3) is 10.9 Å². The molecule has 1 fully saturated rings. The number of benzene rings is 2. The van der Waals surface area contributed by atoms with Crippen molar-refractivity contribution in [3.63, 3.8) is 0 Å². The predicted octanol–water partition coefficient (Wildman–Crippen LogP) is 4.52. The summed E-state index contributed by atoms with van der Waals surface area (Å²) in [5.74, 6) is 0.651. The summed E-state index contributed by atoms with van der Waals surface area (Å²) in [6.07, 6.45) is 2.34. The van der Waals surface area contributed by atoms with Crippen molar-refractivity contribution in [3.05, 3.63) is 82.0 Å². The molecule has 1 saturated heterocycles. The molecule has 2 heterocycles. The molecule has 4 rings (SSSR count). The molecule has 0 atom stereocenters. The first-order valence-electron chi connectivity index (χ1n) is 9.00. The normalized spacial score (nSPS) is 16.0. The Bertz CT molecular complexity index is 919. The summed E-state index contributed by atoms with van der Waals surface area (Å²) in [6.45, 7) is 2.97. The molecular weight excluding hydrogens is 326 g/mol. The predicted molar refractivity (Wildman–Crippen MR) is 102 cm³/mol. The Labute approximate surface area is 152 Å². The molecule has 1 aliphatic rings. The van der Waals surface area contributed by atoms with Gasteiger partial charge in [-0.15, -0.1) is 0 Å². The van der Waals surface area contributed by atoms with Crippen LogP contribution in [0.2, 0.25) is 0 Å². The number of aromatic nitrogens is 1. The van der Waals surface area contributed by atoms with Crippen molar-refractivity contribution in [3.8, 4) is 0 Å². The maximum absolute atomic E-state index is 10.9. The van der Waals surface area contributed by atoms with Gasteiger partial charge in [0.15, 0.2) is 0 Å². The molecule has 3 aromatic rings. The van der Waals surface area contributed by atoms with Crippen molar-refractivity contribution >= 4 is 16.6 Å². The third kappa shape index (κ3) is 3.58. The maximum Gasteiger partial charge on any atom is 0.270 e. The minimum Gasteiger partial charge on any atom is -0.297 e. The van der Waals surface area contributed by atoms with E-state index in [2.05, 4.69) is 40.2 Å². The number of hydrogen-bond donors (Lipinski definition) is 0. The van der Waals surface area contributed by atoms with E-state index in [0.717, 1.165) is 36.2 Å². The number of nitro groups is 1. The van der Waals surface area contributed by atoms with Crippen LogP contribution in [0.15, 0.2) is 60.7 Å². The lowest BCUT2D eigenvalue weighted by molar-refractivity contribution is -0.384. The van der Waals surface area contributed by atoms with Crippen LogP contribution in [-0.2, 0) is 6.54 Å². The molecule has 0 saturated carbocycles. The molecule has 0 unspecified atom stereocenters. The molecule has 0 radical (unpaired) electrons. The van der Waals surface area contributed by atoms with E-state index >= 15 is 0 Å². The number of nitrogens with zero attached hydrogens (tertiary/aromatic N) is 3. The molecule has 2 aromatic carbocycles. The molecule has 0 spiro atoms. The van der Waals surface area contributed by atoms with Crippen LogP contribution in [-0.4, -0.2) is 27.9 Å². The number of likely N-dealkylation sites (tertiary alicyclic amines) is 1. The van der Waals surface area contributed by atoms with Crippen LogP contribution in [0.3, 0.4) is 0 Å². The Kier molecular flexibility index (Phi) is 4.63. The number of pyridine rings is 1. The average molecular weight is 347 g/mol. The van der Waals surface area contributed by atoms with E-state index in [1.165, 1.54) is 24.5 Å². The number of rotatable bonds is 4. The van der Waals surface area contributed by atoms with Crippen molar-refractivity contribution in [1.29, 1.82) is 0 Å². The number of piperidine rings is 1. The Balaban J connectivity index is 1.42. The van der Waals surface area contributed by atoms with Crippen LogP contribution in [0.4, 0.5) is 5.69 Å². The summed E-state index contributed by atoms with van der Waals surface area (Å²) >= 11 is 0. The van der Waals surface area contributed by atoms with Crippen LogP contribution < -0.4 is 0 Å². The third-order valence-electron chi connectivity index (χ3n) is 5.19. The van der Waals surface area contributed by atoms with Gasteiger partial charge in [-0.1, -0.05) is 36.4 Å². The van der Waals surface area contributed by atoms with Gasteiger partial charge in [-0.25, -0.2) is 0 Å². The number of hydrogen-bond acceptors (Lipinski definition) is 4. The summed E-state index contributed by atoms with van der Waals surface area (Å²) in [7, 11) is 0. The Morgan fingerprint density at radius 2 is 1.81 bits per heavy atom. The first-order valence-corrected chi connectivity index (χ1v) is 9.00.